The molecule has 0 aromatic carbocycles. The molecule has 14 heavy (non-hydrogen) atoms. The van der Waals surface area contributed by atoms with E-state index in [9.17, 15) is 25.9 Å². The zero-order valence-corrected chi connectivity index (χ0v) is 13.2. The molecular weight excluding hydrogens is 262 g/mol. The van der Waals surface area contributed by atoms with Gasteiger partial charge in [-0.2, -0.15) is 0 Å². The summed E-state index contributed by atoms with van der Waals surface area (Å²) in [4.78, 5) is 0. The fourth-order valence-corrected chi connectivity index (χ4v) is 0. The summed E-state index contributed by atoms with van der Waals surface area (Å²) in [5.74, 6) is -2.62. The van der Waals surface area contributed by atoms with Gasteiger partial charge in [-0.1, -0.05) is 0 Å². The van der Waals surface area contributed by atoms with Crippen LogP contribution in [0.4, 0.5) is 0 Å². The van der Waals surface area contributed by atoms with Crippen LogP contribution in [0.3, 0.4) is 0 Å². The molecule has 0 aliphatic rings. The van der Waals surface area contributed by atoms with Crippen LogP contribution < -0.4 is 59.1 Å². The van der Waals surface area contributed by atoms with Crippen LogP contribution in [0.15, 0.2) is 0 Å². The average Bonchev–Trinajstić information content (AvgIpc) is 1.86. The number of hydrogen-bond donors (Lipinski definition) is 2. The Bertz CT molecular complexity index is 259. The van der Waals surface area contributed by atoms with Crippen LogP contribution >= 0.6 is 0 Å². The van der Waals surface area contributed by atoms with E-state index < -0.39 is 32.1 Å². The number of hydrogen-bond acceptors (Lipinski definition) is 8. The van der Waals surface area contributed by atoms with E-state index in [-0.39, 0.29) is 59.1 Å². The Hall–Kier alpha value is 1.74. The third-order valence-electron chi connectivity index (χ3n) is 0.316. The Balaban J connectivity index is -0.0000000625. The molecule has 0 rings (SSSR count). The van der Waals surface area contributed by atoms with Gasteiger partial charge in [0, 0.05) is 0 Å². The van der Waals surface area contributed by atoms with E-state index in [4.69, 9.17) is 10.2 Å². The summed E-state index contributed by atoms with van der Waals surface area (Å²) >= 11 is 0. The maximum atomic E-state index is 9.19. The minimum Gasteiger partial charge on any atom is -0.746 e. The molecule has 0 aliphatic carbocycles. The molecule has 0 heterocycles. The number of rotatable bonds is 2. The van der Waals surface area contributed by atoms with Crippen molar-refractivity contribution in [1.82, 2.24) is 0 Å². The Kier molecular flexibility index (Phi) is 19.9. The Morgan fingerprint density at radius 3 is 0.857 bits per heavy atom. The van der Waals surface area contributed by atoms with E-state index in [0.717, 1.165) is 0 Å². The molecule has 0 aromatic heterocycles. The van der Waals surface area contributed by atoms with Gasteiger partial charge in [0.1, 0.15) is 32.1 Å². The molecule has 76 valence electrons. The second kappa shape index (κ2) is 11.2. The van der Waals surface area contributed by atoms with Crippen molar-refractivity contribution in [2.75, 3.05) is 11.9 Å². The van der Waals surface area contributed by atoms with Gasteiger partial charge < -0.3 is 19.3 Å². The van der Waals surface area contributed by atoms with Gasteiger partial charge in [-0.25, -0.2) is 16.8 Å². The third-order valence-corrected chi connectivity index (χ3v) is 0.949. The van der Waals surface area contributed by atoms with E-state index in [1.807, 2.05) is 0 Å². The van der Waals surface area contributed by atoms with Crippen LogP contribution in [-0.4, -0.2) is 48.0 Å². The molecule has 8 nitrogen and oxygen atoms in total. The predicted molar refractivity (Wildman–Crippen MR) is 33.6 cm³/mol. The van der Waals surface area contributed by atoms with Gasteiger partial charge >= 0.3 is 59.1 Å². The van der Waals surface area contributed by atoms with Gasteiger partial charge in [-0.3, -0.25) is 0 Å². The van der Waals surface area contributed by atoms with E-state index >= 15 is 0 Å². The molecule has 0 bridgehead atoms. The molecule has 0 aliphatic heterocycles. The van der Waals surface area contributed by atoms with E-state index in [0.29, 0.717) is 0 Å². The molecule has 0 atom stereocenters. The van der Waals surface area contributed by atoms with Crippen molar-refractivity contribution in [3.05, 3.63) is 0 Å². The Labute approximate surface area is 126 Å². The van der Waals surface area contributed by atoms with Crippen LogP contribution in [-0.2, 0) is 20.2 Å². The van der Waals surface area contributed by atoms with Gasteiger partial charge in [-0.15, -0.1) is 0 Å². The van der Waals surface area contributed by atoms with Crippen molar-refractivity contribution in [2.24, 2.45) is 0 Å². The Morgan fingerprint density at radius 2 is 0.857 bits per heavy atom. The van der Waals surface area contributed by atoms with Crippen molar-refractivity contribution in [2.45, 2.75) is 0 Å². The van der Waals surface area contributed by atoms with Crippen molar-refractivity contribution < 1.29 is 95.3 Å². The van der Waals surface area contributed by atoms with Crippen LogP contribution in [0.1, 0.15) is 0 Å². The summed E-state index contributed by atoms with van der Waals surface area (Å²) in [5.41, 5.74) is 0. The first-order chi connectivity index (χ1) is 5.12. The molecular formula is C2H6Na2O8S2. The zero-order chi connectivity index (χ0) is 10.4. The minimum absolute atomic E-state index is 0. The molecule has 0 spiro atoms. The zero-order valence-electron chi connectivity index (χ0n) is 7.57. The van der Waals surface area contributed by atoms with Gasteiger partial charge in [-0.05, 0) is 0 Å². The fraction of sp³-hybridized carbons (Fsp3) is 1.00. The summed E-state index contributed by atoms with van der Waals surface area (Å²) in [6.45, 7) is 0. The summed E-state index contributed by atoms with van der Waals surface area (Å²) in [6, 6.07) is 0. The minimum atomic E-state index is -4.36. The topological polar surface area (TPSA) is 155 Å². The summed E-state index contributed by atoms with van der Waals surface area (Å²) in [6.07, 6.45) is 0. The van der Waals surface area contributed by atoms with Gasteiger partial charge in [0.2, 0.25) is 0 Å². The summed E-state index contributed by atoms with van der Waals surface area (Å²) in [5, 5.41) is 15.0. The van der Waals surface area contributed by atoms with E-state index in [1.54, 1.807) is 0 Å². The third kappa shape index (κ3) is 37.2. The maximum absolute atomic E-state index is 9.19. The second-order valence-electron chi connectivity index (χ2n) is 1.37. The molecule has 0 aromatic rings. The normalized spacial score (nSPS) is 10.0. The first-order valence-electron chi connectivity index (χ1n) is 2.21. The number of aliphatic hydroxyl groups is 2. The molecule has 2 N–H and O–H groups in total. The van der Waals surface area contributed by atoms with Gasteiger partial charge in [0.25, 0.3) is 0 Å². The molecule has 0 fully saturated rings. The first kappa shape index (κ1) is 24.8. The monoisotopic (exact) mass is 268 g/mol. The van der Waals surface area contributed by atoms with E-state index in [2.05, 4.69) is 0 Å². The van der Waals surface area contributed by atoms with Gasteiger partial charge in [0.05, 0.1) is 0 Å². The predicted octanol–water partition coefficient (Wildman–Crippen LogP) is -9.03. The molecule has 12 heteroatoms. The first-order valence-corrected chi connectivity index (χ1v) is 5.36. The van der Waals surface area contributed by atoms with Crippen LogP contribution in [0.25, 0.3) is 0 Å². The average molecular weight is 268 g/mol. The molecule has 0 saturated heterocycles. The van der Waals surface area contributed by atoms with Crippen molar-refractivity contribution >= 4 is 20.2 Å². The van der Waals surface area contributed by atoms with Crippen LogP contribution in [0, 0.1) is 0 Å². The molecule has 0 amide bonds. The standard InChI is InChI=1S/2CH4O4S.2Na/c2*2-1-6(3,4)5;;/h2*2H,1H2,(H,3,4,5);;/q;;2*+1/p-2. The van der Waals surface area contributed by atoms with Crippen molar-refractivity contribution in [3.63, 3.8) is 0 Å². The van der Waals surface area contributed by atoms with Crippen LogP contribution in [0.2, 0.25) is 0 Å². The largest absolute Gasteiger partial charge is 1.00 e. The summed E-state index contributed by atoms with van der Waals surface area (Å²) < 4.78 is 55.2. The maximum Gasteiger partial charge on any atom is 1.00 e. The van der Waals surface area contributed by atoms with E-state index in [1.165, 1.54) is 0 Å². The smallest absolute Gasteiger partial charge is 0.746 e. The SMILES string of the molecule is O=S(=O)([O-])CO.O=S(=O)([O-])CO.[Na+].[Na+]. The quantitative estimate of drug-likeness (QED) is 0.369. The molecule has 0 unspecified atom stereocenters. The second-order valence-corrected chi connectivity index (χ2v) is 4.12. The molecule has 0 radical (unpaired) electrons. The van der Waals surface area contributed by atoms with Gasteiger partial charge in [0.15, 0.2) is 0 Å². The molecule has 0 saturated carbocycles. The summed E-state index contributed by atoms with van der Waals surface area (Å²) in [7, 11) is -8.71. The number of aliphatic hydroxyl groups excluding tert-OH is 2. The van der Waals surface area contributed by atoms with Crippen molar-refractivity contribution in [1.29, 1.82) is 0 Å². The van der Waals surface area contributed by atoms with Crippen molar-refractivity contribution in [3.8, 4) is 0 Å². The fourth-order valence-electron chi connectivity index (χ4n) is 0. The Morgan fingerprint density at radius 1 is 0.786 bits per heavy atom. The van der Waals surface area contributed by atoms with Crippen LogP contribution in [0.5, 0.6) is 0 Å².